The maximum absolute atomic E-state index is 13.4. The highest BCUT2D eigenvalue weighted by atomic mass is 32.2. The summed E-state index contributed by atoms with van der Waals surface area (Å²) in [5, 5.41) is 10.1. The summed E-state index contributed by atoms with van der Waals surface area (Å²) in [5.41, 5.74) is 3.87. The Morgan fingerprint density at radius 1 is 1.12 bits per heavy atom. The lowest BCUT2D eigenvalue weighted by Crippen LogP contribution is -2.37. The minimum Gasteiger partial charge on any atom is -0.334 e. The van der Waals surface area contributed by atoms with Crippen LogP contribution in [0.5, 0.6) is 0 Å². The number of urea groups is 1. The fraction of sp³-hybridized carbons (Fsp3) is 0.304. The van der Waals surface area contributed by atoms with E-state index in [1.54, 1.807) is 48.3 Å². The quantitative estimate of drug-likeness (QED) is 0.421. The van der Waals surface area contributed by atoms with Crippen LogP contribution in [0.2, 0.25) is 0 Å². The van der Waals surface area contributed by atoms with Crippen molar-refractivity contribution in [2.45, 2.75) is 25.1 Å². The molecule has 176 valence electrons. The second kappa shape index (κ2) is 11.1. The van der Waals surface area contributed by atoms with Crippen molar-refractivity contribution in [1.82, 2.24) is 25.1 Å². The first-order valence-corrected chi connectivity index (χ1v) is 12.2. The zero-order valence-electron chi connectivity index (χ0n) is 18.6. The summed E-state index contributed by atoms with van der Waals surface area (Å²) in [4.78, 5) is 14.0. The van der Waals surface area contributed by atoms with Gasteiger partial charge in [-0.3, -0.25) is 5.10 Å². The third-order valence-electron chi connectivity index (χ3n) is 5.17. The number of hydrogen-bond donors (Lipinski definition) is 3. The van der Waals surface area contributed by atoms with Crippen LogP contribution in [0.15, 0.2) is 54.6 Å². The number of H-pyrrole nitrogens is 1. The summed E-state index contributed by atoms with van der Waals surface area (Å²) < 4.78 is 38.9. The van der Waals surface area contributed by atoms with Crippen molar-refractivity contribution in [3.8, 4) is 11.3 Å². The van der Waals surface area contributed by atoms with E-state index in [0.717, 1.165) is 17.7 Å². The Morgan fingerprint density at radius 3 is 2.55 bits per heavy atom. The number of sulfonamides is 1. The van der Waals surface area contributed by atoms with Gasteiger partial charge in [-0.05, 0) is 49.2 Å². The maximum Gasteiger partial charge on any atom is 0.317 e. The van der Waals surface area contributed by atoms with Crippen molar-refractivity contribution >= 4 is 16.1 Å². The molecular weight excluding hydrogens is 445 g/mol. The Morgan fingerprint density at radius 2 is 1.85 bits per heavy atom. The van der Waals surface area contributed by atoms with Crippen molar-refractivity contribution in [3.63, 3.8) is 0 Å². The van der Waals surface area contributed by atoms with Crippen molar-refractivity contribution in [1.29, 1.82) is 0 Å². The third-order valence-corrected chi connectivity index (χ3v) is 6.51. The fourth-order valence-electron chi connectivity index (χ4n) is 3.25. The molecule has 1 heterocycles. The summed E-state index contributed by atoms with van der Waals surface area (Å²) in [6.07, 6.45) is 1.44. The van der Waals surface area contributed by atoms with Crippen molar-refractivity contribution in [3.05, 3.63) is 77.2 Å². The topological polar surface area (TPSA) is 107 Å². The molecule has 0 saturated carbocycles. The van der Waals surface area contributed by atoms with E-state index >= 15 is 0 Å². The molecule has 0 radical (unpaired) electrons. The Kier molecular flexibility index (Phi) is 8.18. The molecule has 3 N–H and O–H groups in total. The number of hydrogen-bond acceptors (Lipinski definition) is 4. The van der Waals surface area contributed by atoms with Gasteiger partial charge in [-0.15, -0.1) is 0 Å². The van der Waals surface area contributed by atoms with Gasteiger partial charge in [-0.1, -0.05) is 36.4 Å². The highest BCUT2D eigenvalue weighted by Gasteiger charge is 2.11. The van der Waals surface area contributed by atoms with Crippen molar-refractivity contribution < 1.29 is 17.6 Å². The smallest absolute Gasteiger partial charge is 0.317 e. The lowest BCUT2D eigenvalue weighted by molar-refractivity contribution is 0.208. The lowest BCUT2D eigenvalue weighted by atomic mass is 10.1. The molecule has 0 atom stereocenters. The molecule has 0 aliphatic carbocycles. The first-order valence-electron chi connectivity index (χ1n) is 10.5. The number of rotatable bonds is 10. The van der Waals surface area contributed by atoms with Gasteiger partial charge in [0, 0.05) is 31.4 Å². The number of benzene rings is 2. The van der Waals surface area contributed by atoms with E-state index in [9.17, 15) is 17.6 Å². The van der Waals surface area contributed by atoms with Gasteiger partial charge in [0.2, 0.25) is 10.0 Å². The van der Waals surface area contributed by atoms with Crippen LogP contribution in [0.25, 0.3) is 11.3 Å². The summed E-state index contributed by atoms with van der Waals surface area (Å²) in [6, 6.07) is 15.1. The molecule has 0 aliphatic heterocycles. The molecule has 2 amide bonds. The van der Waals surface area contributed by atoms with E-state index in [-0.39, 0.29) is 17.6 Å². The van der Waals surface area contributed by atoms with Crippen LogP contribution in [0, 0.1) is 5.82 Å². The van der Waals surface area contributed by atoms with Crippen molar-refractivity contribution in [2.75, 3.05) is 20.6 Å². The van der Waals surface area contributed by atoms with E-state index in [2.05, 4.69) is 20.2 Å². The molecule has 1 aromatic heterocycles. The molecule has 0 bridgehead atoms. The van der Waals surface area contributed by atoms with E-state index in [0.29, 0.717) is 36.3 Å². The molecule has 0 fully saturated rings. The van der Waals surface area contributed by atoms with Crippen LogP contribution in [0.3, 0.4) is 0 Å². The monoisotopic (exact) mass is 473 g/mol. The largest absolute Gasteiger partial charge is 0.334 e. The van der Waals surface area contributed by atoms with Crippen LogP contribution in [0.1, 0.15) is 23.2 Å². The average molecular weight is 474 g/mol. The van der Waals surface area contributed by atoms with Gasteiger partial charge in [0.15, 0.2) is 0 Å². The first kappa shape index (κ1) is 24.4. The van der Waals surface area contributed by atoms with Crippen LogP contribution in [-0.2, 0) is 28.7 Å². The Balaban J connectivity index is 1.41. The Hall–Kier alpha value is -3.24. The molecule has 3 aromatic rings. The number of aryl methyl sites for hydroxylation is 1. The second-order valence-electron chi connectivity index (χ2n) is 7.75. The summed E-state index contributed by atoms with van der Waals surface area (Å²) in [7, 11) is -0.201. The van der Waals surface area contributed by atoms with E-state index in [1.165, 1.54) is 19.2 Å². The first-order chi connectivity index (χ1) is 15.8. The number of halogens is 1. The number of nitrogens with zero attached hydrogens (tertiary/aromatic N) is 2. The molecule has 0 unspecified atom stereocenters. The third kappa shape index (κ3) is 7.40. The van der Waals surface area contributed by atoms with Crippen LogP contribution in [0.4, 0.5) is 9.18 Å². The maximum atomic E-state index is 13.4. The molecule has 0 spiro atoms. The molecular formula is C23H28FN5O3S. The summed E-state index contributed by atoms with van der Waals surface area (Å²) in [5.74, 6) is -0.388. The second-order valence-corrected chi connectivity index (χ2v) is 9.68. The molecule has 8 nitrogen and oxygen atoms in total. The number of aromatic nitrogens is 2. The fourth-order valence-corrected chi connectivity index (χ4v) is 4.03. The lowest BCUT2D eigenvalue weighted by Gasteiger charge is -2.17. The van der Waals surface area contributed by atoms with Gasteiger partial charge < -0.3 is 10.2 Å². The summed E-state index contributed by atoms with van der Waals surface area (Å²) in [6.45, 7) is 0.904. The van der Waals surface area contributed by atoms with E-state index in [4.69, 9.17) is 0 Å². The minimum absolute atomic E-state index is 0.0844. The molecule has 0 aliphatic rings. The SMILES string of the molecule is CNS(=O)(=O)Cc1ccc(CNC(=O)N(C)CCCc2cc(-c3cccc(F)c3)n[nH]2)cc1. The molecule has 3 rings (SSSR count). The van der Waals surface area contributed by atoms with Gasteiger partial charge in [0.05, 0.1) is 11.4 Å². The number of carbonyl (C=O) groups excluding carboxylic acids is 1. The highest BCUT2D eigenvalue weighted by Crippen LogP contribution is 2.19. The van der Waals surface area contributed by atoms with Gasteiger partial charge in [0.1, 0.15) is 5.82 Å². The van der Waals surface area contributed by atoms with E-state index < -0.39 is 10.0 Å². The molecule has 0 saturated heterocycles. The average Bonchev–Trinajstić information content (AvgIpc) is 3.27. The molecule has 2 aromatic carbocycles. The van der Waals surface area contributed by atoms with Crippen LogP contribution < -0.4 is 10.0 Å². The van der Waals surface area contributed by atoms with Gasteiger partial charge >= 0.3 is 6.03 Å². The molecule has 33 heavy (non-hydrogen) atoms. The number of amides is 2. The predicted octanol–water partition coefficient (Wildman–Crippen LogP) is 3.04. The Labute approximate surface area is 193 Å². The number of aromatic amines is 1. The molecule has 10 heteroatoms. The normalized spacial score (nSPS) is 11.4. The standard InChI is InChI=1S/C23H28FN5O3S/c1-25-33(31,32)16-18-10-8-17(9-11-18)15-26-23(30)29(2)12-4-7-21-14-22(28-27-21)19-5-3-6-20(24)13-19/h3,5-6,8-11,13-14,25H,4,7,12,15-16H2,1-2H3,(H,26,30)(H,27,28). The Bertz CT molecular complexity index is 1180. The predicted molar refractivity (Wildman–Crippen MR) is 125 cm³/mol. The van der Waals surface area contributed by atoms with Crippen LogP contribution >= 0.6 is 0 Å². The minimum atomic E-state index is -3.31. The zero-order valence-corrected chi connectivity index (χ0v) is 19.5. The highest BCUT2D eigenvalue weighted by molar-refractivity contribution is 7.88. The van der Waals surface area contributed by atoms with Crippen molar-refractivity contribution in [2.24, 2.45) is 0 Å². The van der Waals surface area contributed by atoms with Gasteiger partial charge in [-0.25, -0.2) is 22.3 Å². The van der Waals surface area contributed by atoms with Crippen LogP contribution in [-0.4, -0.2) is 50.2 Å². The summed E-state index contributed by atoms with van der Waals surface area (Å²) >= 11 is 0. The number of nitrogens with one attached hydrogen (secondary N) is 3. The van der Waals surface area contributed by atoms with E-state index in [1.807, 2.05) is 6.07 Å². The van der Waals surface area contributed by atoms with Gasteiger partial charge in [0.25, 0.3) is 0 Å². The zero-order chi connectivity index (χ0) is 23.8. The number of carbonyl (C=O) groups is 1. The van der Waals surface area contributed by atoms with Gasteiger partial charge in [-0.2, -0.15) is 5.10 Å².